The number of amides is 1. The second kappa shape index (κ2) is 7.21. The number of nitrogens with one attached hydrogen (secondary N) is 2. The quantitative estimate of drug-likeness (QED) is 0.748. The highest BCUT2D eigenvalue weighted by Gasteiger charge is 2.16. The summed E-state index contributed by atoms with van der Waals surface area (Å²) in [6, 6.07) is 11.8. The molecule has 2 N–H and O–H groups in total. The summed E-state index contributed by atoms with van der Waals surface area (Å²) >= 11 is 0. The molecule has 0 spiro atoms. The molecule has 3 aromatic rings. The van der Waals surface area contributed by atoms with Gasteiger partial charge in [-0.05, 0) is 43.2 Å². The fourth-order valence-corrected chi connectivity index (χ4v) is 2.45. The van der Waals surface area contributed by atoms with Crippen molar-refractivity contribution in [3.8, 4) is 11.5 Å². The van der Waals surface area contributed by atoms with Crippen LogP contribution in [0.25, 0.3) is 11.5 Å². The molecule has 1 unspecified atom stereocenters. The maximum atomic E-state index is 13.2. The Morgan fingerprint density at radius 1 is 1.24 bits per heavy atom. The minimum absolute atomic E-state index is 0.189. The molecule has 0 saturated heterocycles. The molecule has 1 aromatic carbocycles. The molecule has 0 bridgehead atoms. The first kappa shape index (κ1) is 16.8. The van der Waals surface area contributed by atoms with Gasteiger partial charge in [-0.25, -0.2) is 9.37 Å². The number of anilines is 1. The summed E-state index contributed by atoms with van der Waals surface area (Å²) < 4.78 is 13.2. The Balaban J connectivity index is 1.65. The van der Waals surface area contributed by atoms with E-state index in [-0.39, 0.29) is 23.6 Å². The monoisotopic (exact) mass is 339 g/mol. The van der Waals surface area contributed by atoms with Crippen molar-refractivity contribution < 1.29 is 9.18 Å². The van der Waals surface area contributed by atoms with Gasteiger partial charge in [-0.2, -0.15) is 4.98 Å². The van der Waals surface area contributed by atoms with E-state index in [0.29, 0.717) is 17.9 Å². The minimum Gasteiger partial charge on any atom is -0.293 e. The van der Waals surface area contributed by atoms with Crippen molar-refractivity contribution in [2.45, 2.75) is 20.3 Å². The first-order chi connectivity index (χ1) is 12.0. The van der Waals surface area contributed by atoms with Crippen LogP contribution in [0.15, 0.2) is 42.5 Å². The fourth-order valence-electron chi connectivity index (χ4n) is 2.45. The number of carbonyl (C=O) groups excluding carboxylic acids is 1. The van der Waals surface area contributed by atoms with Crippen molar-refractivity contribution in [3.63, 3.8) is 0 Å². The first-order valence-electron chi connectivity index (χ1n) is 7.93. The lowest BCUT2D eigenvalue weighted by molar-refractivity contribution is -0.119. The third-order valence-electron chi connectivity index (χ3n) is 3.73. The molecular formula is C18H18FN5O. The number of aryl methyl sites for hydroxylation is 1. The van der Waals surface area contributed by atoms with Crippen LogP contribution >= 0.6 is 0 Å². The lowest BCUT2D eigenvalue weighted by Gasteiger charge is -2.10. The van der Waals surface area contributed by atoms with Gasteiger partial charge in [0.25, 0.3) is 0 Å². The standard InChI is InChI=1S/C18H18FN5O/c1-11(9-13-6-4-7-14(19)10-13)17(25)22-18-21-16(23-24-18)15-8-3-5-12(2)20-15/h3-8,10-11H,9H2,1-2H3,(H2,21,22,23,24,25). The lowest BCUT2D eigenvalue weighted by Crippen LogP contribution is -2.22. The van der Waals surface area contributed by atoms with Crippen molar-refractivity contribution in [1.29, 1.82) is 0 Å². The van der Waals surface area contributed by atoms with Crippen molar-refractivity contribution in [1.82, 2.24) is 20.2 Å². The zero-order valence-electron chi connectivity index (χ0n) is 14.0. The summed E-state index contributed by atoms with van der Waals surface area (Å²) in [6.45, 7) is 3.66. The number of benzene rings is 1. The van der Waals surface area contributed by atoms with Crippen molar-refractivity contribution in [3.05, 3.63) is 59.5 Å². The lowest BCUT2D eigenvalue weighted by atomic mass is 10.0. The van der Waals surface area contributed by atoms with Gasteiger partial charge in [0.05, 0.1) is 0 Å². The number of carbonyl (C=O) groups is 1. The summed E-state index contributed by atoms with van der Waals surface area (Å²) in [6.07, 6.45) is 0.431. The van der Waals surface area contributed by atoms with Gasteiger partial charge in [0, 0.05) is 11.6 Å². The molecule has 1 atom stereocenters. The normalized spacial score (nSPS) is 12.0. The molecule has 1 amide bonds. The van der Waals surface area contributed by atoms with Gasteiger partial charge in [-0.3, -0.25) is 15.2 Å². The van der Waals surface area contributed by atoms with Gasteiger partial charge in [0.2, 0.25) is 11.9 Å². The molecule has 0 aliphatic rings. The molecule has 0 aliphatic heterocycles. The smallest absolute Gasteiger partial charge is 0.249 e. The molecule has 2 heterocycles. The Morgan fingerprint density at radius 2 is 2.04 bits per heavy atom. The van der Waals surface area contributed by atoms with Gasteiger partial charge >= 0.3 is 0 Å². The second-order valence-electron chi connectivity index (χ2n) is 5.90. The summed E-state index contributed by atoms with van der Waals surface area (Å²) in [5.41, 5.74) is 2.28. The van der Waals surface area contributed by atoms with Crippen LogP contribution < -0.4 is 5.32 Å². The highest BCUT2D eigenvalue weighted by Crippen LogP contribution is 2.15. The van der Waals surface area contributed by atoms with Crippen LogP contribution in [0.1, 0.15) is 18.2 Å². The summed E-state index contributed by atoms with van der Waals surface area (Å²) in [7, 11) is 0. The molecule has 25 heavy (non-hydrogen) atoms. The highest BCUT2D eigenvalue weighted by molar-refractivity contribution is 5.91. The van der Waals surface area contributed by atoms with Gasteiger partial charge in [-0.1, -0.05) is 25.1 Å². The number of aromatic nitrogens is 4. The number of nitrogens with zero attached hydrogens (tertiary/aromatic N) is 3. The Labute approximate surface area is 144 Å². The van der Waals surface area contributed by atoms with E-state index in [9.17, 15) is 9.18 Å². The number of rotatable bonds is 5. The zero-order chi connectivity index (χ0) is 17.8. The average Bonchev–Trinajstić information content (AvgIpc) is 3.03. The molecule has 0 saturated carbocycles. The number of aromatic amines is 1. The van der Waals surface area contributed by atoms with E-state index >= 15 is 0 Å². The van der Waals surface area contributed by atoms with Crippen LogP contribution in [0.2, 0.25) is 0 Å². The zero-order valence-corrected chi connectivity index (χ0v) is 14.0. The molecule has 3 rings (SSSR count). The van der Waals surface area contributed by atoms with Crippen LogP contribution in [0, 0.1) is 18.7 Å². The van der Waals surface area contributed by atoms with Gasteiger partial charge in [-0.15, -0.1) is 5.10 Å². The maximum Gasteiger partial charge on any atom is 0.249 e. The number of hydrogen-bond donors (Lipinski definition) is 2. The van der Waals surface area contributed by atoms with E-state index in [1.54, 1.807) is 19.1 Å². The van der Waals surface area contributed by atoms with E-state index in [4.69, 9.17) is 0 Å². The largest absolute Gasteiger partial charge is 0.293 e. The van der Waals surface area contributed by atoms with Crippen LogP contribution in [0.4, 0.5) is 10.3 Å². The topological polar surface area (TPSA) is 83.6 Å². The van der Waals surface area contributed by atoms with E-state index < -0.39 is 0 Å². The Kier molecular flexibility index (Phi) is 4.83. The van der Waals surface area contributed by atoms with Crippen molar-refractivity contribution in [2.75, 3.05) is 5.32 Å². The average molecular weight is 339 g/mol. The third kappa shape index (κ3) is 4.26. The van der Waals surface area contributed by atoms with E-state index in [2.05, 4.69) is 25.5 Å². The first-order valence-corrected chi connectivity index (χ1v) is 7.93. The molecule has 7 heteroatoms. The summed E-state index contributed by atoms with van der Waals surface area (Å²) in [4.78, 5) is 20.9. The third-order valence-corrected chi connectivity index (χ3v) is 3.73. The van der Waals surface area contributed by atoms with Crippen molar-refractivity contribution in [2.24, 2.45) is 5.92 Å². The Hall–Kier alpha value is -3.09. The van der Waals surface area contributed by atoms with E-state index in [1.807, 2.05) is 25.1 Å². The maximum absolute atomic E-state index is 13.2. The van der Waals surface area contributed by atoms with Crippen LogP contribution in [0.3, 0.4) is 0 Å². The van der Waals surface area contributed by atoms with Gasteiger partial charge < -0.3 is 0 Å². The predicted molar refractivity (Wildman–Crippen MR) is 92.2 cm³/mol. The molecule has 0 radical (unpaired) electrons. The number of H-pyrrole nitrogens is 1. The van der Waals surface area contributed by atoms with Gasteiger partial charge in [0.15, 0.2) is 5.82 Å². The predicted octanol–water partition coefficient (Wildman–Crippen LogP) is 3.13. The SMILES string of the molecule is Cc1cccc(-c2nc(NC(=O)C(C)Cc3cccc(F)c3)n[nH]2)n1. The molecule has 0 aliphatic carbocycles. The van der Waals surface area contributed by atoms with E-state index in [1.165, 1.54) is 12.1 Å². The number of halogens is 1. The highest BCUT2D eigenvalue weighted by atomic mass is 19.1. The Morgan fingerprint density at radius 3 is 2.80 bits per heavy atom. The molecule has 0 fully saturated rings. The van der Waals surface area contributed by atoms with E-state index in [0.717, 1.165) is 11.3 Å². The molecule has 128 valence electrons. The number of pyridine rings is 1. The van der Waals surface area contributed by atoms with Gasteiger partial charge in [0.1, 0.15) is 11.5 Å². The Bertz CT molecular complexity index is 892. The van der Waals surface area contributed by atoms with Crippen LogP contribution in [-0.4, -0.2) is 26.1 Å². The van der Waals surface area contributed by atoms with Crippen LogP contribution in [0.5, 0.6) is 0 Å². The minimum atomic E-state index is -0.346. The second-order valence-corrected chi connectivity index (χ2v) is 5.90. The molecular weight excluding hydrogens is 321 g/mol. The van der Waals surface area contributed by atoms with Crippen LogP contribution in [-0.2, 0) is 11.2 Å². The number of hydrogen-bond acceptors (Lipinski definition) is 4. The summed E-state index contributed by atoms with van der Waals surface area (Å²) in [5, 5.41) is 9.43. The molecule has 2 aromatic heterocycles. The fraction of sp³-hybridized carbons (Fsp3) is 0.222. The summed E-state index contributed by atoms with van der Waals surface area (Å²) in [5.74, 6) is -0.214. The van der Waals surface area contributed by atoms with Crippen molar-refractivity contribution >= 4 is 11.9 Å². The molecule has 6 nitrogen and oxygen atoms in total.